The molecule has 1 unspecified atom stereocenters. The third-order valence-corrected chi connectivity index (χ3v) is 4.43. The normalized spacial score (nSPS) is 18.7. The van der Waals surface area contributed by atoms with Crippen molar-refractivity contribution >= 4 is 0 Å². The van der Waals surface area contributed by atoms with Crippen molar-refractivity contribution in [1.29, 1.82) is 0 Å². The molecule has 0 spiro atoms. The molecule has 19 heavy (non-hydrogen) atoms. The molecule has 0 saturated heterocycles. The smallest absolute Gasteiger partial charge is 0.00819 e. The highest BCUT2D eigenvalue weighted by atomic mass is 14.6. The SMILES string of the molecule is CC(C)(C)c1ccc(CC(N)CC2CCCC2)cc1. The quantitative estimate of drug-likeness (QED) is 0.850. The molecule has 0 heterocycles. The average Bonchev–Trinajstić information content (AvgIpc) is 2.81. The van der Waals surface area contributed by atoms with Crippen molar-refractivity contribution in [2.75, 3.05) is 0 Å². The highest BCUT2D eigenvalue weighted by molar-refractivity contribution is 5.27. The molecular formula is C18H29N. The first-order chi connectivity index (χ1) is 8.95. The van der Waals surface area contributed by atoms with E-state index in [2.05, 4.69) is 45.0 Å². The van der Waals surface area contributed by atoms with Crippen LogP contribution in [0.15, 0.2) is 24.3 Å². The van der Waals surface area contributed by atoms with Gasteiger partial charge in [0.1, 0.15) is 0 Å². The van der Waals surface area contributed by atoms with Gasteiger partial charge in [-0.1, -0.05) is 70.7 Å². The Morgan fingerprint density at radius 2 is 1.68 bits per heavy atom. The van der Waals surface area contributed by atoms with Gasteiger partial charge in [0.15, 0.2) is 0 Å². The molecule has 0 amide bonds. The van der Waals surface area contributed by atoms with E-state index in [0.29, 0.717) is 6.04 Å². The molecule has 2 N–H and O–H groups in total. The van der Waals surface area contributed by atoms with Crippen LogP contribution < -0.4 is 5.73 Å². The average molecular weight is 259 g/mol. The Labute approximate surface area is 118 Å². The van der Waals surface area contributed by atoms with Gasteiger partial charge in [0.05, 0.1) is 0 Å². The Morgan fingerprint density at radius 3 is 2.21 bits per heavy atom. The van der Waals surface area contributed by atoms with Gasteiger partial charge in [-0.2, -0.15) is 0 Å². The Kier molecular flexibility index (Phi) is 4.67. The van der Waals surface area contributed by atoms with Crippen LogP contribution in [-0.2, 0) is 11.8 Å². The van der Waals surface area contributed by atoms with E-state index in [1.807, 2.05) is 0 Å². The van der Waals surface area contributed by atoms with Crippen LogP contribution in [-0.4, -0.2) is 6.04 Å². The summed E-state index contributed by atoms with van der Waals surface area (Å²) in [5.74, 6) is 0.892. The summed E-state index contributed by atoms with van der Waals surface area (Å²) >= 11 is 0. The van der Waals surface area contributed by atoms with Crippen LogP contribution in [0, 0.1) is 5.92 Å². The van der Waals surface area contributed by atoms with Crippen molar-refractivity contribution in [2.45, 2.75) is 70.8 Å². The standard InChI is InChI=1S/C18H29N/c1-18(2,3)16-10-8-15(9-11-16)13-17(19)12-14-6-4-5-7-14/h8-11,14,17H,4-7,12-13,19H2,1-3H3. The fourth-order valence-corrected chi connectivity index (χ4v) is 3.20. The van der Waals surface area contributed by atoms with E-state index in [1.54, 1.807) is 0 Å². The summed E-state index contributed by atoms with van der Waals surface area (Å²) in [5, 5.41) is 0. The van der Waals surface area contributed by atoms with Gasteiger partial charge in [-0.15, -0.1) is 0 Å². The van der Waals surface area contributed by atoms with Crippen molar-refractivity contribution in [3.05, 3.63) is 35.4 Å². The second-order valence-corrected chi connectivity index (χ2v) is 7.30. The Morgan fingerprint density at radius 1 is 1.11 bits per heavy atom. The minimum absolute atomic E-state index is 0.241. The molecule has 1 saturated carbocycles. The van der Waals surface area contributed by atoms with Crippen LogP contribution in [0.1, 0.15) is 64.0 Å². The maximum absolute atomic E-state index is 6.31. The lowest BCUT2D eigenvalue weighted by Gasteiger charge is -2.20. The molecule has 2 rings (SSSR count). The highest BCUT2D eigenvalue weighted by Gasteiger charge is 2.18. The first kappa shape index (κ1) is 14.6. The molecule has 0 radical (unpaired) electrons. The van der Waals surface area contributed by atoms with Gasteiger partial charge in [0, 0.05) is 6.04 Å². The fraction of sp³-hybridized carbons (Fsp3) is 0.667. The predicted octanol–water partition coefficient (Wildman–Crippen LogP) is 4.43. The molecule has 1 aliphatic rings. The van der Waals surface area contributed by atoms with Gasteiger partial charge in [-0.25, -0.2) is 0 Å². The molecule has 1 aromatic carbocycles. The first-order valence-electron chi connectivity index (χ1n) is 7.80. The van der Waals surface area contributed by atoms with E-state index in [4.69, 9.17) is 5.73 Å². The fourth-order valence-electron chi connectivity index (χ4n) is 3.20. The summed E-state index contributed by atoms with van der Waals surface area (Å²) < 4.78 is 0. The predicted molar refractivity (Wildman–Crippen MR) is 83.4 cm³/mol. The van der Waals surface area contributed by atoms with Crippen molar-refractivity contribution in [1.82, 2.24) is 0 Å². The number of hydrogen-bond donors (Lipinski definition) is 1. The van der Waals surface area contributed by atoms with Crippen molar-refractivity contribution in [2.24, 2.45) is 11.7 Å². The summed E-state index contributed by atoms with van der Waals surface area (Å²) in [6.45, 7) is 6.77. The van der Waals surface area contributed by atoms with Crippen LogP contribution >= 0.6 is 0 Å². The zero-order valence-corrected chi connectivity index (χ0v) is 12.8. The summed E-state index contributed by atoms with van der Waals surface area (Å²) in [6, 6.07) is 9.38. The first-order valence-corrected chi connectivity index (χ1v) is 7.80. The summed E-state index contributed by atoms with van der Waals surface area (Å²) in [5.41, 5.74) is 9.34. The number of rotatable bonds is 4. The van der Waals surface area contributed by atoms with E-state index >= 15 is 0 Å². The molecule has 1 fully saturated rings. The molecule has 1 aromatic rings. The molecule has 1 atom stereocenters. The largest absolute Gasteiger partial charge is 0.327 e. The van der Waals surface area contributed by atoms with Crippen molar-refractivity contribution in [3.8, 4) is 0 Å². The van der Waals surface area contributed by atoms with Gasteiger partial charge in [-0.3, -0.25) is 0 Å². The number of hydrogen-bond acceptors (Lipinski definition) is 1. The topological polar surface area (TPSA) is 26.0 Å². The molecule has 1 nitrogen and oxygen atoms in total. The van der Waals surface area contributed by atoms with Gasteiger partial charge < -0.3 is 5.73 Å². The van der Waals surface area contributed by atoms with Gasteiger partial charge in [0.2, 0.25) is 0 Å². The van der Waals surface area contributed by atoms with Gasteiger partial charge >= 0.3 is 0 Å². The van der Waals surface area contributed by atoms with Crippen LogP contribution in [0.3, 0.4) is 0 Å². The minimum atomic E-state index is 0.241. The van der Waals surface area contributed by atoms with Crippen LogP contribution in [0.5, 0.6) is 0 Å². The van der Waals surface area contributed by atoms with E-state index in [0.717, 1.165) is 12.3 Å². The third kappa shape index (κ3) is 4.35. The Bertz CT molecular complexity index is 379. The maximum Gasteiger partial charge on any atom is 0.00819 e. The molecule has 106 valence electrons. The van der Waals surface area contributed by atoms with Crippen LogP contribution in [0.4, 0.5) is 0 Å². The summed E-state index contributed by atoms with van der Waals surface area (Å²) in [6.07, 6.45) is 7.87. The van der Waals surface area contributed by atoms with Crippen molar-refractivity contribution < 1.29 is 0 Å². The molecule has 1 aliphatic carbocycles. The Balaban J connectivity index is 1.88. The molecule has 0 aromatic heterocycles. The van der Waals surface area contributed by atoms with E-state index < -0.39 is 0 Å². The third-order valence-electron chi connectivity index (χ3n) is 4.43. The lowest BCUT2D eigenvalue weighted by atomic mass is 9.86. The highest BCUT2D eigenvalue weighted by Crippen LogP contribution is 2.29. The zero-order valence-electron chi connectivity index (χ0n) is 12.8. The summed E-state index contributed by atoms with van der Waals surface area (Å²) in [7, 11) is 0. The molecule has 0 bridgehead atoms. The molecule has 0 aliphatic heterocycles. The van der Waals surface area contributed by atoms with Gasteiger partial charge in [0.25, 0.3) is 0 Å². The van der Waals surface area contributed by atoms with Gasteiger partial charge in [-0.05, 0) is 35.3 Å². The van der Waals surface area contributed by atoms with Crippen LogP contribution in [0.25, 0.3) is 0 Å². The molecular weight excluding hydrogens is 230 g/mol. The van der Waals surface area contributed by atoms with Crippen molar-refractivity contribution in [3.63, 3.8) is 0 Å². The second-order valence-electron chi connectivity index (χ2n) is 7.30. The minimum Gasteiger partial charge on any atom is -0.327 e. The number of benzene rings is 1. The van der Waals surface area contributed by atoms with E-state index in [-0.39, 0.29) is 5.41 Å². The van der Waals surface area contributed by atoms with Crippen LogP contribution in [0.2, 0.25) is 0 Å². The maximum atomic E-state index is 6.31. The van der Waals surface area contributed by atoms with E-state index in [9.17, 15) is 0 Å². The monoisotopic (exact) mass is 259 g/mol. The number of nitrogens with two attached hydrogens (primary N) is 1. The Hall–Kier alpha value is -0.820. The summed E-state index contributed by atoms with van der Waals surface area (Å²) in [4.78, 5) is 0. The second kappa shape index (κ2) is 6.09. The zero-order chi connectivity index (χ0) is 13.9. The lowest BCUT2D eigenvalue weighted by Crippen LogP contribution is -2.25. The lowest BCUT2D eigenvalue weighted by molar-refractivity contribution is 0.440. The molecule has 1 heteroatoms. The van der Waals surface area contributed by atoms with E-state index in [1.165, 1.54) is 43.2 Å².